The van der Waals surface area contributed by atoms with E-state index in [1.807, 2.05) is 0 Å². The minimum absolute atomic E-state index is 0.102. The van der Waals surface area contributed by atoms with Gasteiger partial charge in [0.25, 0.3) is 0 Å². The second-order valence-electron chi connectivity index (χ2n) is 2.94. The van der Waals surface area contributed by atoms with Gasteiger partial charge in [-0.05, 0) is 0 Å². The highest BCUT2D eigenvalue weighted by molar-refractivity contribution is 5.85. The van der Waals surface area contributed by atoms with Gasteiger partial charge in [0.2, 0.25) is 5.91 Å². The number of hydrogen-bond acceptors (Lipinski definition) is 5. The van der Waals surface area contributed by atoms with E-state index in [-0.39, 0.29) is 18.0 Å². The van der Waals surface area contributed by atoms with E-state index in [0.29, 0.717) is 12.4 Å². The van der Waals surface area contributed by atoms with E-state index in [1.165, 1.54) is 6.20 Å². The fourth-order valence-electron chi connectivity index (χ4n) is 0.983. The van der Waals surface area contributed by atoms with Crippen LogP contribution in [0.25, 0.3) is 0 Å². The third-order valence-corrected chi connectivity index (χ3v) is 1.79. The fourth-order valence-corrected chi connectivity index (χ4v) is 0.983. The third kappa shape index (κ3) is 3.52. The van der Waals surface area contributed by atoms with Crippen molar-refractivity contribution in [1.82, 2.24) is 15.3 Å². The Hall–Kier alpha value is -2.18. The minimum atomic E-state index is -1.14. The molecule has 0 unspecified atom stereocenters. The molecule has 0 fully saturated rings. The lowest BCUT2D eigenvalue weighted by atomic mass is 10.4. The first-order valence-electron chi connectivity index (χ1n) is 4.63. The Morgan fingerprint density at radius 3 is 2.81 bits per heavy atom. The van der Waals surface area contributed by atoms with E-state index in [4.69, 9.17) is 5.11 Å². The zero-order chi connectivity index (χ0) is 12.0. The zero-order valence-electron chi connectivity index (χ0n) is 8.73. The summed E-state index contributed by atoms with van der Waals surface area (Å²) in [5.41, 5.74) is -0.134. The average molecular weight is 224 g/mol. The van der Waals surface area contributed by atoms with Crippen molar-refractivity contribution in [1.29, 1.82) is 0 Å². The molecule has 0 spiro atoms. The second-order valence-corrected chi connectivity index (χ2v) is 2.94. The smallest absolute Gasteiger partial charge is 0.356 e. The molecule has 1 amide bonds. The van der Waals surface area contributed by atoms with Gasteiger partial charge in [-0.25, -0.2) is 9.78 Å². The molecule has 1 aromatic rings. The molecule has 0 bridgehead atoms. The van der Waals surface area contributed by atoms with Crippen LogP contribution in [-0.4, -0.2) is 40.5 Å². The molecule has 0 saturated heterocycles. The quantitative estimate of drug-likeness (QED) is 0.635. The number of carbonyl (C=O) groups is 2. The number of amides is 1. The highest BCUT2D eigenvalue weighted by atomic mass is 16.4. The molecule has 7 nitrogen and oxygen atoms in total. The fraction of sp³-hybridized carbons (Fsp3) is 0.333. The van der Waals surface area contributed by atoms with Gasteiger partial charge in [-0.15, -0.1) is 0 Å². The van der Waals surface area contributed by atoms with Gasteiger partial charge in [-0.3, -0.25) is 9.78 Å². The normalized spacial score (nSPS) is 9.56. The summed E-state index contributed by atoms with van der Waals surface area (Å²) < 4.78 is 0. The molecule has 0 aliphatic rings. The Bertz CT molecular complexity index is 394. The molecule has 1 rings (SSSR count). The number of carbonyl (C=O) groups excluding carboxylic acids is 1. The summed E-state index contributed by atoms with van der Waals surface area (Å²) >= 11 is 0. The maximum absolute atomic E-state index is 10.9. The Morgan fingerprint density at radius 1 is 1.44 bits per heavy atom. The molecule has 0 atom stereocenters. The predicted molar refractivity (Wildman–Crippen MR) is 56.2 cm³/mol. The van der Waals surface area contributed by atoms with Crippen LogP contribution in [0.3, 0.4) is 0 Å². The molecular formula is C9H12N4O3. The molecule has 16 heavy (non-hydrogen) atoms. The van der Waals surface area contributed by atoms with E-state index >= 15 is 0 Å². The first-order valence-corrected chi connectivity index (χ1v) is 4.63. The topological polar surface area (TPSA) is 104 Å². The standard InChI is InChI=1S/C9H12N4O3/c1-10-8(14)2-3-12-7-5-11-4-6(13-7)9(15)16/h4-5H,2-3H2,1H3,(H,10,14)(H,12,13)(H,15,16). The maximum Gasteiger partial charge on any atom is 0.356 e. The lowest BCUT2D eigenvalue weighted by Gasteiger charge is -2.04. The number of hydrogen-bond donors (Lipinski definition) is 3. The highest BCUT2D eigenvalue weighted by Crippen LogP contribution is 2.01. The van der Waals surface area contributed by atoms with E-state index < -0.39 is 5.97 Å². The van der Waals surface area contributed by atoms with E-state index in [2.05, 4.69) is 20.6 Å². The summed E-state index contributed by atoms with van der Waals surface area (Å²) in [6, 6.07) is 0. The number of aromatic carboxylic acids is 1. The van der Waals surface area contributed by atoms with E-state index in [9.17, 15) is 9.59 Å². The Morgan fingerprint density at radius 2 is 2.19 bits per heavy atom. The number of carboxylic acid groups (broad SMARTS) is 1. The average Bonchev–Trinajstić information content (AvgIpc) is 2.29. The number of anilines is 1. The van der Waals surface area contributed by atoms with Gasteiger partial charge in [0.05, 0.1) is 12.4 Å². The molecule has 0 aromatic carbocycles. The third-order valence-electron chi connectivity index (χ3n) is 1.79. The molecule has 0 saturated carbocycles. The van der Waals surface area contributed by atoms with Crippen molar-refractivity contribution in [3.05, 3.63) is 18.1 Å². The molecule has 1 heterocycles. The molecule has 7 heteroatoms. The lowest BCUT2D eigenvalue weighted by Crippen LogP contribution is -2.21. The number of carboxylic acids is 1. The van der Waals surface area contributed by atoms with Gasteiger partial charge in [0.1, 0.15) is 5.82 Å². The van der Waals surface area contributed by atoms with E-state index in [1.54, 1.807) is 7.05 Å². The summed E-state index contributed by atoms with van der Waals surface area (Å²) in [7, 11) is 1.55. The van der Waals surface area contributed by atoms with Crippen LogP contribution in [0.15, 0.2) is 12.4 Å². The van der Waals surface area contributed by atoms with Gasteiger partial charge in [-0.1, -0.05) is 0 Å². The molecule has 1 aromatic heterocycles. The van der Waals surface area contributed by atoms with Gasteiger partial charge in [-0.2, -0.15) is 0 Å². The maximum atomic E-state index is 10.9. The van der Waals surface area contributed by atoms with Crippen molar-refractivity contribution < 1.29 is 14.7 Å². The van der Waals surface area contributed by atoms with Crippen molar-refractivity contribution in [2.24, 2.45) is 0 Å². The molecule has 0 radical (unpaired) electrons. The first kappa shape index (κ1) is 11.9. The zero-order valence-corrected chi connectivity index (χ0v) is 8.73. The molecular weight excluding hydrogens is 212 g/mol. The molecule has 86 valence electrons. The van der Waals surface area contributed by atoms with Crippen LogP contribution in [0, 0.1) is 0 Å². The Labute approximate surface area is 91.9 Å². The summed E-state index contributed by atoms with van der Waals surface area (Å²) in [6.45, 7) is 0.372. The minimum Gasteiger partial charge on any atom is -0.476 e. The van der Waals surface area contributed by atoms with Crippen LogP contribution in [0.5, 0.6) is 0 Å². The van der Waals surface area contributed by atoms with Gasteiger partial charge in [0.15, 0.2) is 5.69 Å². The molecule has 0 aliphatic heterocycles. The predicted octanol–water partition coefficient (Wildman–Crippen LogP) is -0.277. The summed E-state index contributed by atoms with van der Waals surface area (Å²) in [6.07, 6.45) is 2.85. The van der Waals surface area contributed by atoms with Crippen molar-refractivity contribution >= 4 is 17.7 Å². The van der Waals surface area contributed by atoms with Crippen LogP contribution in [-0.2, 0) is 4.79 Å². The van der Waals surface area contributed by atoms with Gasteiger partial charge in [0, 0.05) is 20.0 Å². The van der Waals surface area contributed by atoms with Crippen molar-refractivity contribution in [2.45, 2.75) is 6.42 Å². The van der Waals surface area contributed by atoms with Crippen LogP contribution in [0.4, 0.5) is 5.82 Å². The van der Waals surface area contributed by atoms with Crippen molar-refractivity contribution in [3.8, 4) is 0 Å². The lowest BCUT2D eigenvalue weighted by molar-refractivity contribution is -0.120. The number of aromatic nitrogens is 2. The number of nitrogens with zero attached hydrogens (tertiary/aromatic N) is 2. The van der Waals surface area contributed by atoms with Crippen LogP contribution in [0.1, 0.15) is 16.9 Å². The Kier molecular flexibility index (Phi) is 4.19. The largest absolute Gasteiger partial charge is 0.476 e. The van der Waals surface area contributed by atoms with Crippen molar-refractivity contribution in [2.75, 3.05) is 18.9 Å². The summed E-state index contributed by atoms with van der Waals surface area (Å²) in [4.78, 5) is 29.0. The second kappa shape index (κ2) is 5.64. The summed E-state index contributed by atoms with van der Waals surface area (Å²) in [5.74, 6) is -0.902. The van der Waals surface area contributed by atoms with Crippen LogP contribution < -0.4 is 10.6 Å². The molecule has 0 aliphatic carbocycles. The van der Waals surface area contributed by atoms with Gasteiger partial charge >= 0.3 is 5.97 Å². The SMILES string of the molecule is CNC(=O)CCNc1cncc(C(=O)O)n1. The monoisotopic (exact) mass is 224 g/mol. The highest BCUT2D eigenvalue weighted by Gasteiger charge is 2.05. The number of rotatable bonds is 5. The Balaban J connectivity index is 2.51. The number of nitrogens with one attached hydrogen (secondary N) is 2. The first-order chi connectivity index (χ1) is 7.63. The van der Waals surface area contributed by atoms with Crippen molar-refractivity contribution in [3.63, 3.8) is 0 Å². The summed E-state index contributed by atoms with van der Waals surface area (Å²) in [5, 5.41) is 13.9. The van der Waals surface area contributed by atoms with Crippen LogP contribution in [0.2, 0.25) is 0 Å². The van der Waals surface area contributed by atoms with E-state index in [0.717, 1.165) is 6.20 Å². The molecule has 3 N–H and O–H groups in total. The van der Waals surface area contributed by atoms with Gasteiger partial charge < -0.3 is 15.7 Å². The van der Waals surface area contributed by atoms with Crippen LogP contribution >= 0.6 is 0 Å².